The molecule has 1 unspecified atom stereocenters. The number of piperazine rings is 1. The van der Waals surface area contributed by atoms with Gasteiger partial charge in [0.15, 0.2) is 23.0 Å². The van der Waals surface area contributed by atoms with Gasteiger partial charge in [0.05, 0.1) is 7.11 Å². The van der Waals surface area contributed by atoms with Crippen molar-refractivity contribution in [2.75, 3.05) is 53.2 Å². The molecule has 0 aromatic heterocycles. The molecule has 0 radical (unpaired) electrons. The number of hydrogen-bond acceptors (Lipinski definition) is 7. The second-order valence-corrected chi connectivity index (χ2v) is 8.14. The van der Waals surface area contributed by atoms with Gasteiger partial charge in [0.1, 0.15) is 12.7 Å². The Morgan fingerprint density at radius 2 is 1.78 bits per heavy atom. The predicted octanol–water partition coefficient (Wildman–Crippen LogP) is 3.01. The number of β-amino-alcohol motifs (C(OH)–C–C–N with tert-alkyl or cyclic N) is 1. The van der Waals surface area contributed by atoms with Crippen LogP contribution < -0.4 is 18.9 Å². The number of aliphatic hydroxyl groups is 1. The molecule has 1 fully saturated rings. The number of aliphatic hydroxyl groups excluding tert-OH is 1. The summed E-state index contributed by atoms with van der Waals surface area (Å²) in [7, 11) is 1.63. The van der Waals surface area contributed by atoms with E-state index in [4.69, 9.17) is 18.9 Å². The Labute approximate surface area is 189 Å². The third-order valence-electron chi connectivity index (χ3n) is 5.76. The minimum Gasteiger partial charge on any atom is -0.493 e. The molecule has 2 heterocycles. The second kappa shape index (κ2) is 10.7. The van der Waals surface area contributed by atoms with E-state index in [-0.39, 0.29) is 6.61 Å². The van der Waals surface area contributed by atoms with E-state index in [0.717, 1.165) is 49.8 Å². The van der Waals surface area contributed by atoms with Crippen LogP contribution in [-0.2, 0) is 6.54 Å². The Morgan fingerprint density at radius 1 is 1.00 bits per heavy atom. The first kappa shape index (κ1) is 22.5. The fourth-order valence-electron chi connectivity index (χ4n) is 4.06. The number of allylic oxidation sites excluding steroid dienone is 1. The van der Waals surface area contributed by atoms with Gasteiger partial charge in [-0.15, -0.1) is 0 Å². The summed E-state index contributed by atoms with van der Waals surface area (Å²) in [5.74, 6) is 2.97. The number of methoxy groups -OCH3 is 1. The van der Waals surface area contributed by atoms with Crippen molar-refractivity contribution >= 4 is 6.08 Å². The zero-order valence-electron chi connectivity index (χ0n) is 18.8. The first-order valence-corrected chi connectivity index (χ1v) is 11.1. The fourth-order valence-corrected chi connectivity index (χ4v) is 4.06. The molecule has 1 N–H and O–H groups in total. The molecule has 4 rings (SSSR count). The van der Waals surface area contributed by atoms with Gasteiger partial charge in [-0.05, 0) is 42.3 Å². The molecule has 2 aliphatic rings. The number of fused-ring (bicyclic) bond motifs is 1. The lowest BCUT2D eigenvalue weighted by Crippen LogP contribution is -2.48. The first-order valence-electron chi connectivity index (χ1n) is 11.1. The predicted molar refractivity (Wildman–Crippen MR) is 123 cm³/mol. The van der Waals surface area contributed by atoms with E-state index in [1.807, 2.05) is 43.3 Å². The topological polar surface area (TPSA) is 63.6 Å². The Morgan fingerprint density at radius 3 is 2.56 bits per heavy atom. The maximum absolute atomic E-state index is 10.5. The summed E-state index contributed by atoms with van der Waals surface area (Å²) < 4.78 is 22.1. The SMILES string of the molecule is CC=Cc1ccc(OCC(O)CN2CCN(Cc3ccc4c(c3)OCO4)CC2)c(OC)c1. The van der Waals surface area contributed by atoms with Gasteiger partial charge in [-0.2, -0.15) is 0 Å². The van der Waals surface area contributed by atoms with Gasteiger partial charge in [-0.25, -0.2) is 0 Å². The van der Waals surface area contributed by atoms with Crippen LogP contribution in [0.2, 0.25) is 0 Å². The Bertz CT molecular complexity index is 925. The van der Waals surface area contributed by atoms with E-state index >= 15 is 0 Å². The number of nitrogens with zero attached hydrogens (tertiary/aromatic N) is 2. The van der Waals surface area contributed by atoms with Crippen LogP contribution in [0.15, 0.2) is 42.5 Å². The molecule has 0 amide bonds. The number of rotatable bonds is 9. The van der Waals surface area contributed by atoms with E-state index in [9.17, 15) is 5.11 Å². The average Bonchev–Trinajstić information content (AvgIpc) is 3.27. The summed E-state index contributed by atoms with van der Waals surface area (Å²) in [5.41, 5.74) is 2.28. The minimum absolute atomic E-state index is 0.233. The van der Waals surface area contributed by atoms with Gasteiger partial charge in [0.2, 0.25) is 6.79 Å². The van der Waals surface area contributed by atoms with Crippen LogP contribution in [0.4, 0.5) is 0 Å². The van der Waals surface area contributed by atoms with E-state index in [1.165, 1.54) is 5.56 Å². The third kappa shape index (κ3) is 5.73. The molecule has 2 aromatic carbocycles. The average molecular weight is 441 g/mol. The summed E-state index contributed by atoms with van der Waals surface area (Å²) in [6, 6.07) is 11.9. The summed E-state index contributed by atoms with van der Waals surface area (Å²) in [5, 5.41) is 10.5. The quantitative estimate of drug-likeness (QED) is 0.643. The molecule has 32 heavy (non-hydrogen) atoms. The highest BCUT2D eigenvalue weighted by Gasteiger charge is 2.21. The molecule has 7 nitrogen and oxygen atoms in total. The molecule has 172 valence electrons. The number of ether oxygens (including phenoxy) is 4. The maximum Gasteiger partial charge on any atom is 0.231 e. The maximum atomic E-state index is 10.5. The van der Waals surface area contributed by atoms with Gasteiger partial charge < -0.3 is 24.1 Å². The standard InChI is InChI=1S/C25H32N2O5/c1-3-4-19-5-7-22(24(13-19)29-2)30-17-21(28)16-27-11-9-26(10-12-27)15-20-6-8-23-25(14-20)32-18-31-23/h3-8,13-14,21,28H,9-12,15-18H2,1-2H3. The lowest BCUT2D eigenvalue weighted by Gasteiger charge is -2.35. The molecule has 0 saturated carbocycles. The Hall–Kier alpha value is -2.74. The summed E-state index contributed by atoms with van der Waals surface area (Å²) in [6.07, 6.45) is 3.43. The van der Waals surface area contributed by atoms with Crippen molar-refractivity contribution in [3.63, 3.8) is 0 Å². The molecule has 2 aliphatic heterocycles. The Balaban J connectivity index is 1.20. The molecule has 1 atom stereocenters. The zero-order chi connectivity index (χ0) is 22.3. The van der Waals surface area contributed by atoms with Crippen LogP contribution in [0, 0.1) is 0 Å². The fraction of sp³-hybridized carbons (Fsp3) is 0.440. The van der Waals surface area contributed by atoms with Crippen molar-refractivity contribution in [1.82, 2.24) is 9.80 Å². The van der Waals surface area contributed by atoms with Crippen molar-refractivity contribution in [3.8, 4) is 23.0 Å². The summed E-state index contributed by atoms with van der Waals surface area (Å²) in [4.78, 5) is 4.71. The van der Waals surface area contributed by atoms with Gasteiger partial charge in [-0.1, -0.05) is 24.3 Å². The first-order chi connectivity index (χ1) is 15.6. The van der Waals surface area contributed by atoms with Gasteiger partial charge in [0.25, 0.3) is 0 Å². The highest BCUT2D eigenvalue weighted by Crippen LogP contribution is 2.33. The Kier molecular flexibility index (Phi) is 7.52. The molecule has 1 saturated heterocycles. The van der Waals surface area contributed by atoms with Crippen molar-refractivity contribution in [3.05, 3.63) is 53.6 Å². The molecule has 0 aliphatic carbocycles. The van der Waals surface area contributed by atoms with Crippen LogP contribution >= 0.6 is 0 Å². The molecule has 0 bridgehead atoms. The van der Waals surface area contributed by atoms with Crippen LogP contribution in [0.3, 0.4) is 0 Å². The second-order valence-electron chi connectivity index (χ2n) is 8.14. The van der Waals surface area contributed by atoms with E-state index in [2.05, 4.69) is 21.9 Å². The van der Waals surface area contributed by atoms with Gasteiger partial charge in [-0.3, -0.25) is 9.80 Å². The largest absolute Gasteiger partial charge is 0.493 e. The number of benzene rings is 2. The van der Waals surface area contributed by atoms with E-state index in [1.54, 1.807) is 7.11 Å². The third-order valence-corrected chi connectivity index (χ3v) is 5.76. The molecule has 0 spiro atoms. The molecule has 2 aromatic rings. The van der Waals surface area contributed by atoms with Crippen LogP contribution in [0.5, 0.6) is 23.0 Å². The lowest BCUT2D eigenvalue weighted by atomic mass is 10.1. The number of hydrogen-bond donors (Lipinski definition) is 1. The normalized spacial score (nSPS) is 17.6. The van der Waals surface area contributed by atoms with Crippen molar-refractivity contribution in [1.29, 1.82) is 0 Å². The summed E-state index contributed by atoms with van der Waals surface area (Å²) in [6.45, 7) is 7.76. The summed E-state index contributed by atoms with van der Waals surface area (Å²) >= 11 is 0. The van der Waals surface area contributed by atoms with Gasteiger partial charge in [0, 0.05) is 39.3 Å². The van der Waals surface area contributed by atoms with Crippen molar-refractivity contribution < 1.29 is 24.1 Å². The zero-order valence-corrected chi connectivity index (χ0v) is 18.8. The van der Waals surface area contributed by atoms with Crippen LogP contribution in [-0.4, -0.2) is 74.2 Å². The minimum atomic E-state index is -0.560. The molecular weight excluding hydrogens is 408 g/mol. The lowest BCUT2D eigenvalue weighted by molar-refractivity contribution is 0.0440. The highest BCUT2D eigenvalue weighted by molar-refractivity contribution is 5.55. The molecular formula is C25H32N2O5. The monoisotopic (exact) mass is 440 g/mol. The van der Waals surface area contributed by atoms with Crippen LogP contribution in [0.25, 0.3) is 6.08 Å². The van der Waals surface area contributed by atoms with Gasteiger partial charge >= 0.3 is 0 Å². The van der Waals surface area contributed by atoms with Crippen LogP contribution in [0.1, 0.15) is 18.1 Å². The highest BCUT2D eigenvalue weighted by atomic mass is 16.7. The smallest absolute Gasteiger partial charge is 0.231 e. The van der Waals surface area contributed by atoms with E-state index in [0.29, 0.717) is 24.8 Å². The van der Waals surface area contributed by atoms with E-state index < -0.39 is 6.10 Å². The molecule has 7 heteroatoms. The van der Waals surface area contributed by atoms with Crippen molar-refractivity contribution in [2.24, 2.45) is 0 Å². The van der Waals surface area contributed by atoms with Crippen molar-refractivity contribution in [2.45, 2.75) is 19.6 Å².